The largest absolute Gasteiger partial charge is 0.497 e. The molecular weight excluding hydrogens is 446 g/mol. The van der Waals surface area contributed by atoms with Gasteiger partial charge in [-0.15, -0.1) is 0 Å². The second-order valence-electron chi connectivity index (χ2n) is 9.99. The number of hydrogen-bond acceptors (Lipinski definition) is 5. The summed E-state index contributed by atoms with van der Waals surface area (Å²) in [6.45, 7) is -0.647. The SMILES string of the molecule is COc1ccc2c(C(=O)C(=O)N(CCO)CC(=O)NC3(C4CCCCC4)CCCCC3)c[nH]c2c1. The van der Waals surface area contributed by atoms with Crippen LogP contribution in [0.2, 0.25) is 0 Å². The molecule has 8 heteroatoms. The lowest BCUT2D eigenvalue weighted by Crippen LogP contribution is -2.58. The summed E-state index contributed by atoms with van der Waals surface area (Å²) in [6.07, 6.45) is 12.7. The molecular formula is C27H37N3O5. The molecule has 2 fully saturated rings. The zero-order chi connectivity index (χ0) is 24.8. The highest BCUT2D eigenvalue weighted by Gasteiger charge is 2.41. The fourth-order valence-corrected chi connectivity index (χ4v) is 6.02. The van der Waals surface area contributed by atoms with Gasteiger partial charge in [0.05, 0.1) is 19.3 Å². The average molecular weight is 484 g/mol. The van der Waals surface area contributed by atoms with Gasteiger partial charge in [0.2, 0.25) is 5.91 Å². The first kappa shape index (κ1) is 25.2. The van der Waals surface area contributed by atoms with Crippen molar-refractivity contribution in [2.75, 3.05) is 26.8 Å². The maximum Gasteiger partial charge on any atom is 0.295 e. The van der Waals surface area contributed by atoms with Crippen molar-refractivity contribution >= 4 is 28.5 Å². The summed E-state index contributed by atoms with van der Waals surface area (Å²) < 4.78 is 5.22. The summed E-state index contributed by atoms with van der Waals surface area (Å²) in [6, 6.07) is 5.21. The number of H-pyrrole nitrogens is 1. The minimum absolute atomic E-state index is 0.0788. The number of methoxy groups -OCH3 is 1. The van der Waals surface area contributed by atoms with Gasteiger partial charge in [0.25, 0.3) is 11.7 Å². The zero-order valence-electron chi connectivity index (χ0n) is 20.6. The Morgan fingerprint density at radius 3 is 2.51 bits per heavy atom. The highest BCUT2D eigenvalue weighted by Crippen LogP contribution is 2.41. The van der Waals surface area contributed by atoms with Crippen LogP contribution in [-0.4, -0.2) is 64.9 Å². The Balaban J connectivity index is 1.48. The standard InChI is InChI=1S/C27H37N3O5/c1-35-20-10-11-21-22(17-28-23(21)16-20)25(33)26(34)30(14-15-31)18-24(32)29-27(12-6-3-7-13-27)19-8-4-2-5-9-19/h10-11,16-17,19,28,31H,2-9,12-15,18H2,1H3,(H,29,32). The maximum absolute atomic E-state index is 13.2. The van der Waals surface area contributed by atoms with Gasteiger partial charge in [-0.05, 0) is 43.7 Å². The molecule has 1 aromatic heterocycles. The van der Waals surface area contributed by atoms with Crippen LogP contribution in [0.1, 0.15) is 74.6 Å². The Morgan fingerprint density at radius 2 is 1.83 bits per heavy atom. The van der Waals surface area contributed by atoms with E-state index >= 15 is 0 Å². The second-order valence-corrected chi connectivity index (χ2v) is 9.99. The summed E-state index contributed by atoms with van der Waals surface area (Å²) in [5.41, 5.74) is 0.699. The molecule has 0 bridgehead atoms. The molecule has 1 heterocycles. The number of benzene rings is 1. The van der Waals surface area contributed by atoms with Gasteiger partial charge in [0, 0.05) is 35.2 Å². The second kappa shape index (κ2) is 11.2. The average Bonchev–Trinajstić information content (AvgIpc) is 3.31. The van der Waals surface area contributed by atoms with E-state index in [1.807, 2.05) is 0 Å². The van der Waals surface area contributed by atoms with Crippen LogP contribution in [-0.2, 0) is 9.59 Å². The number of aromatic amines is 1. The summed E-state index contributed by atoms with van der Waals surface area (Å²) in [5, 5.41) is 13.5. The number of amides is 2. The minimum atomic E-state index is -0.790. The lowest BCUT2D eigenvalue weighted by molar-refractivity contribution is -0.134. The van der Waals surface area contributed by atoms with Crippen LogP contribution in [0, 0.1) is 5.92 Å². The van der Waals surface area contributed by atoms with Gasteiger partial charge in [-0.3, -0.25) is 14.4 Å². The Labute approximate surface area is 206 Å². The van der Waals surface area contributed by atoms with Gasteiger partial charge in [-0.2, -0.15) is 0 Å². The van der Waals surface area contributed by atoms with E-state index in [9.17, 15) is 19.5 Å². The molecule has 0 aliphatic heterocycles. The van der Waals surface area contributed by atoms with Crippen molar-refractivity contribution < 1.29 is 24.2 Å². The number of rotatable bonds is 9. The fraction of sp³-hybridized carbons (Fsp3) is 0.593. The maximum atomic E-state index is 13.2. The normalized spacial score (nSPS) is 18.2. The molecule has 35 heavy (non-hydrogen) atoms. The van der Waals surface area contributed by atoms with Gasteiger partial charge in [-0.25, -0.2) is 0 Å². The van der Waals surface area contributed by atoms with Crippen molar-refractivity contribution in [2.24, 2.45) is 5.92 Å². The third-order valence-electron chi connectivity index (χ3n) is 7.84. The topological polar surface area (TPSA) is 112 Å². The number of nitrogens with one attached hydrogen (secondary N) is 2. The molecule has 2 amide bonds. The summed E-state index contributed by atoms with van der Waals surface area (Å²) in [7, 11) is 1.56. The molecule has 0 atom stereocenters. The summed E-state index contributed by atoms with van der Waals surface area (Å²) in [4.78, 5) is 43.7. The van der Waals surface area contributed by atoms with Crippen molar-refractivity contribution in [3.63, 3.8) is 0 Å². The van der Waals surface area contributed by atoms with Crippen LogP contribution < -0.4 is 10.1 Å². The number of ether oxygens (including phenoxy) is 1. The van der Waals surface area contributed by atoms with Gasteiger partial charge in [-0.1, -0.05) is 38.5 Å². The molecule has 2 aliphatic rings. The van der Waals surface area contributed by atoms with Crippen molar-refractivity contribution in [1.82, 2.24) is 15.2 Å². The van der Waals surface area contributed by atoms with Crippen molar-refractivity contribution in [1.29, 1.82) is 0 Å². The monoisotopic (exact) mass is 483 g/mol. The van der Waals surface area contributed by atoms with Crippen LogP contribution in [0.15, 0.2) is 24.4 Å². The highest BCUT2D eigenvalue weighted by molar-refractivity contribution is 6.45. The van der Waals surface area contributed by atoms with E-state index in [0.29, 0.717) is 22.6 Å². The first-order chi connectivity index (χ1) is 17.0. The number of carbonyl (C=O) groups excluding carboxylic acids is 3. The number of aliphatic hydroxyl groups excluding tert-OH is 1. The van der Waals surface area contributed by atoms with Crippen LogP contribution in [0.4, 0.5) is 0 Å². The lowest BCUT2D eigenvalue weighted by Gasteiger charge is -2.46. The van der Waals surface area contributed by atoms with Gasteiger partial charge >= 0.3 is 0 Å². The van der Waals surface area contributed by atoms with Gasteiger partial charge < -0.3 is 25.0 Å². The number of fused-ring (bicyclic) bond motifs is 1. The molecule has 2 saturated carbocycles. The number of aliphatic hydroxyl groups is 1. The number of aromatic nitrogens is 1. The van der Waals surface area contributed by atoms with Crippen LogP contribution >= 0.6 is 0 Å². The van der Waals surface area contributed by atoms with E-state index in [1.54, 1.807) is 25.3 Å². The van der Waals surface area contributed by atoms with E-state index in [-0.39, 0.29) is 36.7 Å². The number of Topliss-reactive ketones (excluding diaryl/α,β-unsaturated/α-hetero) is 1. The first-order valence-electron chi connectivity index (χ1n) is 12.9. The molecule has 0 radical (unpaired) electrons. The third-order valence-corrected chi connectivity index (χ3v) is 7.84. The van der Waals surface area contributed by atoms with E-state index in [1.165, 1.54) is 31.9 Å². The van der Waals surface area contributed by atoms with Crippen molar-refractivity contribution in [2.45, 2.75) is 69.7 Å². The fourth-order valence-electron chi connectivity index (χ4n) is 6.02. The molecule has 0 unspecified atom stereocenters. The molecule has 4 rings (SSSR count). The van der Waals surface area contributed by atoms with E-state index < -0.39 is 11.7 Å². The van der Waals surface area contributed by atoms with E-state index in [0.717, 1.165) is 43.4 Å². The Bertz CT molecular complexity index is 1050. The Morgan fingerprint density at radius 1 is 1.11 bits per heavy atom. The summed E-state index contributed by atoms with van der Waals surface area (Å²) in [5.74, 6) is -0.649. The molecule has 2 aromatic rings. The van der Waals surface area contributed by atoms with E-state index in [4.69, 9.17) is 4.74 Å². The van der Waals surface area contributed by atoms with Crippen molar-refractivity contribution in [3.05, 3.63) is 30.0 Å². The molecule has 2 aliphatic carbocycles. The number of hydrogen-bond donors (Lipinski definition) is 3. The van der Waals surface area contributed by atoms with Gasteiger partial charge in [0.1, 0.15) is 12.3 Å². The first-order valence-corrected chi connectivity index (χ1v) is 12.9. The highest BCUT2D eigenvalue weighted by atomic mass is 16.5. The minimum Gasteiger partial charge on any atom is -0.497 e. The zero-order valence-corrected chi connectivity index (χ0v) is 20.6. The molecule has 190 valence electrons. The molecule has 0 spiro atoms. The van der Waals surface area contributed by atoms with Crippen LogP contribution in [0.3, 0.4) is 0 Å². The Hall–Kier alpha value is -2.87. The van der Waals surface area contributed by atoms with Gasteiger partial charge in [0.15, 0.2) is 0 Å². The molecule has 3 N–H and O–H groups in total. The van der Waals surface area contributed by atoms with E-state index in [2.05, 4.69) is 10.3 Å². The predicted octanol–water partition coefficient (Wildman–Crippen LogP) is 3.58. The van der Waals surface area contributed by atoms with Crippen LogP contribution in [0.5, 0.6) is 5.75 Å². The van der Waals surface area contributed by atoms with Crippen LogP contribution in [0.25, 0.3) is 10.9 Å². The molecule has 0 saturated heterocycles. The smallest absolute Gasteiger partial charge is 0.295 e. The quantitative estimate of drug-likeness (QED) is 0.373. The molecule has 1 aromatic carbocycles. The predicted molar refractivity (Wildman–Crippen MR) is 133 cm³/mol. The Kier molecular flexibility index (Phi) is 8.11. The number of carbonyl (C=O) groups is 3. The molecule has 8 nitrogen and oxygen atoms in total. The number of ketones is 1. The van der Waals surface area contributed by atoms with Crippen molar-refractivity contribution in [3.8, 4) is 5.75 Å². The summed E-state index contributed by atoms with van der Waals surface area (Å²) >= 11 is 0. The third kappa shape index (κ3) is 5.53. The number of nitrogens with zero attached hydrogens (tertiary/aromatic N) is 1. The lowest BCUT2D eigenvalue weighted by atomic mass is 9.67.